The maximum absolute atomic E-state index is 11.4. The molecule has 2 aromatic heterocycles. The van der Waals surface area contributed by atoms with Crippen LogP contribution in [0.4, 0.5) is 0 Å². The van der Waals surface area contributed by atoms with Gasteiger partial charge in [0.05, 0.1) is 12.4 Å². The molecular formula is C11H11N3O5S. The number of thioether (sulfide) groups is 1. The Morgan fingerprint density at radius 2 is 2.25 bits per heavy atom. The molecule has 0 aliphatic heterocycles. The van der Waals surface area contributed by atoms with Gasteiger partial charge in [-0.25, -0.2) is 14.7 Å². The molecule has 0 saturated heterocycles. The smallest absolute Gasteiger partial charge is 0.374 e. The first-order valence-electron chi connectivity index (χ1n) is 5.67. The second-order valence-electron chi connectivity index (χ2n) is 3.59. The SMILES string of the molecule is CCOC(=O)c1ccc(CSc2n[nH]c(=O)[nH]c2=O)o1. The fraction of sp³-hybridized carbons (Fsp3) is 0.273. The lowest BCUT2D eigenvalue weighted by Gasteiger charge is -1.98. The summed E-state index contributed by atoms with van der Waals surface area (Å²) in [5.41, 5.74) is -1.24. The average molecular weight is 297 g/mol. The predicted molar refractivity (Wildman–Crippen MR) is 69.7 cm³/mol. The molecule has 0 radical (unpaired) electrons. The van der Waals surface area contributed by atoms with E-state index < -0.39 is 17.2 Å². The second-order valence-corrected chi connectivity index (χ2v) is 4.55. The molecule has 2 aromatic rings. The number of aromatic amines is 2. The van der Waals surface area contributed by atoms with Gasteiger partial charge in [0.1, 0.15) is 5.76 Å². The van der Waals surface area contributed by atoms with E-state index in [0.29, 0.717) is 11.5 Å². The minimum Gasteiger partial charge on any atom is -0.460 e. The minimum absolute atomic E-state index is 0.103. The van der Waals surface area contributed by atoms with Crippen LogP contribution in [0, 0.1) is 0 Å². The van der Waals surface area contributed by atoms with Crippen LogP contribution in [0.25, 0.3) is 0 Å². The number of furan rings is 1. The van der Waals surface area contributed by atoms with Gasteiger partial charge < -0.3 is 9.15 Å². The van der Waals surface area contributed by atoms with Gasteiger partial charge in [-0.2, -0.15) is 5.10 Å². The Hall–Kier alpha value is -2.29. The van der Waals surface area contributed by atoms with Crippen molar-refractivity contribution in [2.24, 2.45) is 0 Å². The molecule has 0 unspecified atom stereocenters. The number of carbonyl (C=O) groups excluding carboxylic acids is 1. The van der Waals surface area contributed by atoms with E-state index >= 15 is 0 Å². The van der Waals surface area contributed by atoms with E-state index in [1.807, 2.05) is 0 Å². The van der Waals surface area contributed by atoms with Crippen molar-refractivity contribution >= 4 is 17.7 Å². The van der Waals surface area contributed by atoms with Gasteiger partial charge in [-0.15, -0.1) is 0 Å². The molecule has 0 spiro atoms. The molecule has 0 aromatic carbocycles. The summed E-state index contributed by atoms with van der Waals surface area (Å²) in [6.45, 7) is 1.96. The Bertz CT molecular complexity index is 717. The van der Waals surface area contributed by atoms with Crippen LogP contribution in [0.5, 0.6) is 0 Å². The van der Waals surface area contributed by atoms with Crippen LogP contribution >= 0.6 is 11.8 Å². The molecule has 2 heterocycles. The van der Waals surface area contributed by atoms with Crippen molar-refractivity contribution in [1.29, 1.82) is 0 Å². The number of esters is 1. The molecule has 2 rings (SSSR count). The van der Waals surface area contributed by atoms with Gasteiger partial charge in [-0.3, -0.25) is 9.78 Å². The van der Waals surface area contributed by atoms with Crippen LogP contribution in [0.15, 0.2) is 31.2 Å². The fourth-order valence-electron chi connectivity index (χ4n) is 1.34. The van der Waals surface area contributed by atoms with Crippen molar-refractivity contribution in [2.45, 2.75) is 17.7 Å². The Balaban J connectivity index is 2.02. The van der Waals surface area contributed by atoms with Crippen molar-refractivity contribution in [2.75, 3.05) is 6.61 Å². The molecule has 0 aliphatic carbocycles. The third-order valence-corrected chi connectivity index (χ3v) is 3.15. The van der Waals surface area contributed by atoms with Crippen LogP contribution < -0.4 is 11.2 Å². The number of nitrogens with one attached hydrogen (secondary N) is 2. The largest absolute Gasteiger partial charge is 0.460 e. The van der Waals surface area contributed by atoms with Crippen molar-refractivity contribution < 1.29 is 13.9 Å². The molecule has 9 heteroatoms. The Morgan fingerprint density at radius 3 is 2.95 bits per heavy atom. The van der Waals surface area contributed by atoms with Crippen molar-refractivity contribution in [3.8, 4) is 0 Å². The van der Waals surface area contributed by atoms with Crippen molar-refractivity contribution in [1.82, 2.24) is 15.2 Å². The summed E-state index contributed by atoms with van der Waals surface area (Å²) in [6.07, 6.45) is 0. The third kappa shape index (κ3) is 3.38. The number of ether oxygens (including phenoxy) is 1. The van der Waals surface area contributed by atoms with Crippen molar-refractivity contribution in [3.63, 3.8) is 0 Å². The van der Waals surface area contributed by atoms with E-state index in [9.17, 15) is 14.4 Å². The van der Waals surface area contributed by atoms with Gasteiger partial charge in [0.25, 0.3) is 5.56 Å². The van der Waals surface area contributed by atoms with Crippen LogP contribution in [-0.4, -0.2) is 27.8 Å². The molecule has 0 fully saturated rings. The van der Waals surface area contributed by atoms with Crippen LogP contribution in [0.3, 0.4) is 0 Å². The van der Waals surface area contributed by atoms with Gasteiger partial charge >= 0.3 is 11.7 Å². The highest BCUT2D eigenvalue weighted by Gasteiger charge is 2.13. The number of aromatic nitrogens is 3. The molecule has 20 heavy (non-hydrogen) atoms. The summed E-state index contributed by atoms with van der Waals surface area (Å²) in [7, 11) is 0. The van der Waals surface area contributed by atoms with E-state index in [1.165, 1.54) is 6.07 Å². The normalized spacial score (nSPS) is 10.4. The van der Waals surface area contributed by atoms with Gasteiger partial charge in [0.2, 0.25) is 5.76 Å². The standard InChI is InChI=1S/C11H11N3O5S/c1-2-18-10(16)7-4-3-6(19-7)5-20-9-8(15)12-11(17)14-13-9/h3-4H,2,5H2,1H3,(H2,12,14,15,17). The number of carbonyl (C=O) groups is 1. The first-order valence-corrected chi connectivity index (χ1v) is 6.66. The number of hydrogen-bond donors (Lipinski definition) is 2. The topological polar surface area (TPSA) is 118 Å². The molecule has 0 atom stereocenters. The zero-order chi connectivity index (χ0) is 14.5. The highest BCUT2D eigenvalue weighted by Crippen LogP contribution is 2.19. The zero-order valence-electron chi connectivity index (χ0n) is 10.5. The quantitative estimate of drug-likeness (QED) is 0.610. The summed E-state index contributed by atoms with van der Waals surface area (Å²) >= 11 is 1.08. The number of rotatable bonds is 5. The summed E-state index contributed by atoms with van der Waals surface area (Å²) in [5.74, 6) is 0.349. The van der Waals surface area contributed by atoms with Crippen LogP contribution in [0.1, 0.15) is 23.2 Å². The van der Waals surface area contributed by atoms with E-state index in [-0.39, 0.29) is 17.4 Å². The Labute approximate surface area is 116 Å². The highest BCUT2D eigenvalue weighted by atomic mass is 32.2. The number of nitrogens with zero attached hydrogens (tertiary/aromatic N) is 1. The van der Waals surface area contributed by atoms with Gasteiger partial charge in [0.15, 0.2) is 5.03 Å². The molecule has 0 bridgehead atoms. The fourth-order valence-corrected chi connectivity index (χ4v) is 2.07. The molecule has 106 valence electrons. The molecular weight excluding hydrogens is 286 g/mol. The van der Waals surface area contributed by atoms with Crippen molar-refractivity contribution in [3.05, 3.63) is 44.5 Å². The lowest BCUT2D eigenvalue weighted by atomic mass is 10.4. The third-order valence-electron chi connectivity index (χ3n) is 2.17. The monoisotopic (exact) mass is 297 g/mol. The predicted octanol–water partition coefficient (Wildman–Crippen LogP) is 0.520. The van der Waals surface area contributed by atoms with Gasteiger partial charge in [-0.05, 0) is 19.1 Å². The van der Waals surface area contributed by atoms with E-state index in [0.717, 1.165) is 11.8 Å². The second kappa shape index (κ2) is 6.24. The summed E-state index contributed by atoms with van der Waals surface area (Å²) in [6, 6.07) is 3.11. The molecule has 8 nitrogen and oxygen atoms in total. The summed E-state index contributed by atoms with van der Waals surface area (Å²) in [5, 5.41) is 5.85. The molecule has 0 amide bonds. The minimum atomic E-state index is -0.665. The maximum Gasteiger partial charge on any atom is 0.374 e. The maximum atomic E-state index is 11.4. The number of hydrogen-bond acceptors (Lipinski definition) is 7. The molecule has 0 aliphatic rings. The highest BCUT2D eigenvalue weighted by molar-refractivity contribution is 7.98. The van der Waals surface area contributed by atoms with E-state index in [1.54, 1.807) is 13.0 Å². The summed E-state index contributed by atoms with van der Waals surface area (Å²) < 4.78 is 10.1. The average Bonchev–Trinajstić information content (AvgIpc) is 2.87. The number of H-pyrrole nitrogens is 2. The summed E-state index contributed by atoms with van der Waals surface area (Å²) in [4.78, 5) is 35.7. The van der Waals surface area contributed by atoms with Gasteiger partial charge in [-0.1, -0.05) is 11.8 Å². The molecule has 0 saturated carbocycles. The van der Waals surface area contributed by atoms with Crippen LogP contribution in [0.2, 0.25) is 0 Å². The lowest BCUT2D eigenvalue weighted by molar-refractivity contribution is 0.0488. The zero-order valence-corrected chi connectivity index (χ0v) is 11.3. The van der Waals surface area contributed by atoms with E-state index in [2.05, 4.69) is 15.2 Å². The lowest BCUT2D eigenvalue weighted by Crippen LogP contribution is -2.24. The first-order chi connectivity index (χ1) is 9.60. The van der Waals surface area contributed by atoms with Gasteiger partial charge in [0, 0.05) is 0 Å². The molecule has 2 N–H and O–H groups in total. The Kier molecular flexibility index (Phi) is 4.41. The Morgan fingerprint density at radius 1 is 1.45 bits per heavy atom. The first kappa shape index (κ1) is 14.1. The van der Waals surface area contributed by atoms with E-state index in [4.69, 9.17) is 9.15 Å². The van der Waals surface area contributed by atoms with Crippen LogP contribution in [-0.2, 0) is 10.5 Å².